The van der Waals surface area contributed by atoms with Crippen molar-refractivity contribution in [3.63, 3.8) is 0 Å². The molecular formula is C34H37BrN2O6. The molecule has 226 valence electrons. The van der Waals surface area contributed by atoms with Gasteiger partial charge in [0.05, 0.1) is 4.48 Å². The summed E-state index contributed by atoms with van der Waals surface area (Å²) < 4.78 is 0.263. The summed E-state index contributed by atoms with van der Waals surface area (Å²) in [6.45, 7) is 9.16. The number of amides is 2. The number of fused-ring (bicyclic) bond motifs is 2. The Kier molecular flexibility index (Phi) is 12.1. The van der Waals surface area contributed by atoms with Gasteiger partial charge in [-0.1, -0.05) is 75.2 Å². The molecule has 0 unspecified atom stereocenters. The molecule has 2 amide bonds. The summed E-state index contributed by atoms with van der Waals surface area (Å²) in [5, 5.41) is 0. The largest absolute Gasteiger partial charge is 0.339 e. The van der Waals surface area contributed by atoms with E-state index in [1.807, 2.05) is 24.3 Å². The van der Waals surface area contributed by atoms with Crippen molar-refractivity contribution in [3.05, 3.63) is 81.3 Å². The van der Waals surface area contributed by atoms with Gasteiger partial charge in [0.15, 0.2) is 0 Å². The molecule has 0 radical (unpaired) electrons. The van der Waals surface area contributed by atoms with Gasteiger partial charge in [-0.25, -0.2) is 0 Å². The van der Waals surface area contributed by atoms with E-state index in [0.717, 1.165) is 42.4 Å². The quantitative estimate of drug-likeness (QED) is 0.306. The second-order valence-corrected chi connectivity index (χ2v) is 11.3. The number of Topliss-reactive ketones (excluding diaryl/α,β-unsaturated/α-hetero) is 3. The number of benzene rings is 2. The van der Waals surface area contributed by atoms with Crippen molar-refractivity contribution in [2.24, 2.45) is 0 Å². The lowest BCUT2D eigenvalue weighted by molar-refractivity contribution is -0.129. The van der Waals surface area contributed by atoms with Gasteiger partial charge in [0.1, 0.15) is 0 Å². The number of ketones is 4. The van der Waals surface area contributed by atoms with E-state index < -0.39 is 23.1 Å². The number of hydrogen-bond donors (Lipinski definition) is 0. The highest BCUT2D eigenvalue weighted by Gasteiger charge is 2.32. The van der Waals surface area contributed by atoms with Crippen molar-refractivity contribution in [1.29, 1.82) is 0 Å². The van der Waals surface area contributed by atoms with E-state index in [1.165, 1.54) is 19.9 Å². The maximum atomic E-state index is 12.1. The average Bonchev–Trinajstić information content (AvgIpc) is 3.00. The van der Waals surface area contributed by atoms with Crippen LogP contribution in [0.4, 0.5) is 0 Å². The van der Waals surface area contributed by atoms with Crippen LogP contribution in [0.3, 0.4) is 0 Å². The summed E-state index contributed by atoms with van der Waals surface area (Å²) in [4.78, 5) is 74.8. The lowest BCUT2D eigenvalue weighted by atomic mass is 9.89. The zero-order chi connectivity index (χ0) is 31.7. The van der Waals surface area contributed by atoms with Crippen molar-refractivity contribution >= 4 is 62.0 Å². The van der Waals surface area contributed by atoms with Crippen LogP contribution in [-0.4, -0.2) is 70.9 Å². The van der Waals surface area contributed by atoms with Gasteiger partial charge in [0, 0.05) is 51.2 Å². The van der Waals surface area contributed by atoms with Crippen LogP contribution >= 0.6 is 15.9 Å². The molecule has 0 spiro atoms. The first-order valence-electron chi connectivity index (χ1n) is 14.5. The van der Waals surface area contributed by atoms with E-state index in [9.17, 15) is 28.8 Å². The van der Waals surface area contributed by atoms with E-state index in [-0.39, 0.29) is 16.3 Å². The van der Waals surface area contributed by atoms with Crippen molar-refractivity contribution < 1.29 is 28.8 Å². The molecule has 0 N–H and O–H groups in total. The van der Waals surface area contributed by atoms with Crippen LogP contribution in [0.2, 0.25) is 0 Å². The van der Waals surface area contributed by atoms with Gasteiger partial charge in [-0.05, 0) is 57.1 Å². The number of rotatable bonds is 10. The highest BCUT2D eigenvalue weighted by atomic mass is 79.9. The van der Waals surface area contributed by atoms with Crippen molar-refractivity contribution in [2.45, 2.75) is 53.4 Å². The van der Waals surface area contributed by atoms with Crippen molar-refractivity contribution in [3.8, 4) is 0 Å². The Bertz CT molecular complexity index is 1510. The predicted octanol–water partition coefficient (Wildman–Crippen LogP) is 5.69. The average molecular weight is 650 g/mol. The summed E-state index contributed by atoms with van der Waals surface area (Å²) in [6, 6.07) is 14.1. The Morgan fingerprint density at radius 3 is 1.63 bits per heavy atom. The summed E-state index contributed by atoms with van der Waals surface area (Å²) in [7, 11) is 0. The van der Waals surface area contributed by atoms with E-state index in [2.05, 4.69) is 29.8 Å². The molecule has 2 aromatic carbocycles. The summed E-state index contributed by atoms with van der Waals surface area (Å²) in [5.74, 6) is -2.10. The Morgan fingerprint density at radius 1 is 0.651 bits per heavy atom. The number of nitrogens with zero attached hydrogens (tertiary/aromatic N) is 2. The van der Waals surface area contributed by atoms with E-state index in [0.29, 0.717) is 42.9 Å². The van der Waals surface area contributed by atoms with E-state index >= 15 is 0 Å². The van der Waals surface area contributed by atoms with Crippen LogP contribution < -0.4 is 0 Å². The molecule has 0 atom stereocenters. The minimum atomic E-state index is -0.548. The summed E-state index contributed by atoms with van der Waals surface area (Å²) in [5.41, 5.74) is 3.75. The fourth-order valence-electron chi connectivity index (χ4n) is 4.89. The zero-order valence-electron chi connectivity index (χ0n) is 25.1. The minimum Gasteiger partial charge on any atom is -0.339 e. The SMILES string of the molecule is CCCCN(CC1=C(Br)C(=O)C(=O)c2ccccc21)C(C)=O.CCCCN(CC1=CC(=O)C(=O)c2ccccc21)C(C)=O. The van der Waals surface area contributed by atoms with Gasteiger partial charge in [-0.15, -0.1) is 0 Å². The fraction of sp³-hybridized carbons (Fsp3) is 0.353. The molecule has 0 aliphatic heterocycles. The first-order chi connectivity index (χ1) is 20.5. The normalized spacial score (nSPS) is 13.9. The number of carbonyl (C=O) groups is 6. The van der Waals surface area contributed by atoms with Gasteiger partial charge < -0.3 is 9.80 Å². The maximum Gasteiger partial charge on any atom is 0.240 e. The van der Waals surface area contributed by atoms with Crippen molar-refractivity contribution in [1.82, 2.24) is 9.80 Å². The van der Waals surface area contributed by atoms with Crippen LogP contribution in [0.5, 0.6) is 0 Å². The Hall–Kier alpha value is -3.98. The Labute approximate surface area is 260 Å². The summed E-state index contributed by atoms with van der Waals surface area (Å²) in [6.07, 6.45) is 5.17. The molecule has 0 fully saturated rings. The summed E-state index contributed by atoms with van der Waals surface area (Å²) >= 11 is 3.25. The second-order valence-electron chi connectivity index (χ2n) is 10.5. The molecule has 0 heterocycles. The molecule has 0 saturated heterocycles. The monoisotopic (exact) mass is 648 g/mol. The molecule has 9 heteroatoms. The Morgan fingerprint density at radius 2 is 1.12 bits per heavy atom. The highest BCUT2D eigenvalue weighted by Crippen LogP contribution is 2.33. The third kappa shape index (κ3) is 8.10. The molecule has 43 heavy (non-hydrogen) atoms. The molecular weight excluding hydrogens is 612 g/mol. The van der Waals surface area contributed by atoms with Crippen molar-refractivity contribution in [2.75, 3.05) is 26.2 Å². The standard InChI is InChI=1S/C17H18BrNO3.C17H19NO3/c1-3-4-9-19(11(2)20)10-14-12-7-5-6-8-13(12)16(21)17(22)15(14)18;1-3-4-9-18(12(2)19)11-13-10-16(20)17(21)15-8-6-5-7-14(13)15/h5-8H,3-4,9-10H2,1-2H3;5-8,10H,3-4,9,11H2,1-2H3. The predicted molar refractivity (Wildman–Crippen MR) is 170 cm³/mol. The first kappa shape index (κ1) is 33.5. The van der Waals surface area contributed by atoms with Gasteiger partial charge in [-0.3, -0.25) is 28.8 Å². The molecule has 2 aromatic rings. The van der Waals surface area contributed by atoms with Gasteiger partial charge in [-0.2, -0.15) is 0 Å². The number of unbranched alkanes of at least 4 members (excludes halogenated alkanes) is 2. The van der Waals surface area contributed by atoms with Crippen LogP contribution in [0.1, 0.15) is 85.2 Å². The third-order valence-electron chi connectivity index (χ3n) is 7.38. The maximum absolute atomic E-state index is 12.1. The molecule has 0 aromatic heterocycles. The fourth-order valence-corrected chi connectivity index (χ4v) is 5.41. The third-order valence-corrected chi connectivity index (χ3v) is 8.22. The molecule has 0 bridgehead atoms. The molecule has 2 aliphatic carbocycles. The number of halogens is 1. The molecule has 2 aliphatic rings. The second kappa shape index (κ2) is 15.5. The van der Waals surface area contributed by atoms with Crippen LogP contribution in [0.15, 0.2) is 59.1 Å². The molecule has 8 nitrogen and oxygen atoms in total. The van der Waals surface area contributed by atoms with Crippen LogP contribution in [-0.2, 0) is 19.2 Å². The van der Waals surface area contributed by atoms with Crippen LogP contribution in [0, 0.1) is 0 Å². The van der Waals surface area contributed by atoms with Crippen LogP contribution in [0.25, 0.3) is 11.1 Å². The lowest BCUT2D eigenvalue weighted by Crippen LogP contribution is -2.33. The van der Waals surface area contributed by atoms with E-state index in [4.69, 9.17) is 0 Å². The number of hydrogen-bond acceptors (Lipinski definition) is 6. The lowest BCUT2D eigenvalue weighted by Gasteiger charge is -2.26. The number of carbonyl (C=O) groups excluding carboxylic acids is 6. The zero-order valence-corrected chi connectivity index (χ0v) is 26.7. The topological polar surface area (TPSA) is 109 Å². The van der Waals surface area contributed by atoms with E-state index in [1.54, 1.807) is 34.1 Å². The Balaban J connectivity index is 0.000000236. The smallest absolute Gasteiger partial charge is 0.240 e. The minimum absolute atomic E-state index is 0.0221. The van der Waals surface area contributed by atoms with Gasteiger partial charge in [0.2, 0.25) is 34.9 Å². The number of allylic oxidation sites excluding steroid dienone is 2. The molecule has 0 saturated carbocycles. The molecule has 4 rings (SSSR count). The first-order valence-corrected chi connectivity index (χ1v) is 15.3. The van der Waals surface area contributed by atoms with Gasteiger partial charge in [0.25, 0.3) is 0 Å². The van der Waals surface area contributed by atoms with Gasteiger partial charge >= 0.3 is 0 Å². The highest BCUT2D eigenvalue weighted by molar-refractivity contribution is 9.12.